The minimum atomic E-state index is -0.633. The highest BCUT2D eigenvalue weighted by Gasteiger charge is 2.10. The molecule has 0 aromatic heterocycles. The molecule has 0 heterocycles. The van der Waals surface area contributed by atoms with E-state index in [-0.39, 0.29) is 30.3 Å². The van der Waals surface area contributed by atoms with Gasteiger partial charge in [0.1, 0.15) is 0 Å². The zero-order chi connectivity index (χ0) is 20.5. The molecule has 148 valence electrons. The van der Waals surface area contributed by atoms with Crippen molar-refractivity contribution in [2.75, 3.05) is 27.9 Å². The zero-order valence-corrected chi connectivity index (χ0v) is 15.9. The van der Waals surface area contributed by atoms with E-state index in [0.29, 0.717) is 17.1 Å². The minimum absolute atomic E-state index is 0.00886. The highest BCUT2D eigenvalue weighted by molar-refractivity contribution is 5.90. The molecule has 0 amide bonds. The second kappa shape index (κ2) is 10.0. The molecule has 7 nitrogen and oxygen atoms in total. The number of hydrogen-bond donors (Lipinski definition) is 1. The van der Waals surface area contributed by atoms with Crippen molar-refractivity contribution < 1.29 is 33.6 Å². The number of benzene rings is 2. The summed E-state index contributed by atoms with van der Waals surface area (Å²) in [6.45, 7) is -0.349. The van der Waals surface area contributed by atoms with Gasteiger partial charge in [-0.1, -0.05) is 12.1 Å². The second-order valence-corrected chi connectivity index (χ2v) is 5.78. The standard InChI is InChI=1S/C21H22O7/c1-25-18-8-5-14(11-20(18)27-3)6-9-21(24)28-13-16(22)10-15-4-7-17(23)19(12-15)26-2/h4-9,11-12,23H,10,13H2,1-3H3/b9-6+. The Hall–Kier alpha value is -3.48. The van der Waals surface area contributed by atoms with Crippen molar-refractivity contribution in [3.05, 3.63) is 53.6 Å². The van der Waals surface area contributed by atoms with Gasteiger partial charge in [0, 0.05) is 12.5 Å². The fraction of sp³-hybridized carbons (Fsp3) is 0.238. The van der Waals surface area contributed by atoms with Gasteiger partial charge in [-0.15, -0.1) is 0 Å². The van der Waals surface area contributed by atoms with E-state index in [4.69, 9.17) is 18.9 Å². The maximum atomic E-state index is 12.0. The number of phenolic OH excluding ortho intramolecular Hbond substituents is 1. The first-order valence-corrected chi connectivity index (χ1v) is 8.41. The zero-order valence-electron chi connectivity index (χ0n) is 15.9. The number of rotatable bonds is 9. The molecule has 0 atom stereocenters. The number of aromatic hydroxyl groups is 1. The van der Waals surface area contributed by atoms with Crippen LogP contribution in [0.25, 0.3) is 6.08 Å². The predicted octanol–water partition coefficient (Wildman–Crippen LogP) is 2.79. The van der Waals surface area contributed by atoms with E-state index in [9.17, 15) is 14.7 Å². The van der Waals surface area contributed by atoms with Gasteiger partial charge in [-0.2, -0.15) is 0 Å². The molecular weight excluding hydrogens is 364 g/mol. The largest absolute Gasteiger partial charge is 0.504 e. The van der Waals surface area contributed by atoms with Crippen molar-refractivity contribution in [1.29, 1.82) is 0 Å². The van der Waals surface area contributed by atoms with Crippen LogP contribution in [0, 0.1) is 0 Å². The summed E-state index contributed by atoms with van der Waals surface area (Å²) in [4.78, 5) is 23.8. The van der Waals surface area contributed by atoms with Gasteiger partial charge in [0.15, 0.2) is 35.4 Å². The molecule has 7 heteroatoms. The van der Waals surface area contributed by atoms with Crippen LogP contribution >= 0.6 is 0 Å². The second-order valence-electron chi connectivity index (χ2n) is 5.78. The molecule has 0 aliphatic rings. The van der Waals surface area contributed by atoms with E-state index in [1.165, 1.54) is 33.5 Å². The maximum absolute atomic E-state index is 12.0. The number of phenols is 1. The monoisotopic (exact) mass is 386 g/mol. The number of ketones is 1. The highest BCUT2D eigenvalue weighted by Crippen LogP contribution is 2.28. The summed E-state index contributed by atoms with van der Waals surface area (Å²) in [5, 5.41) is 9.56. The summed E-state index contributed by atoms with van der Waals surface area (Å²) in [6.07, 6.45) is 2.85. The van der Waals surface area contributed by atoms with E-state index in [2.05, 4.69) is 0 Å². The molecular formula is C21H22O7. The normalized spacial score (nSPS) is 10.5. The summed E-state index contributed by atoms with van der Waals surface area (Å²) in [5.41, 5.74) is 1.37. The summed E-state index contributed by atoms with van der Waals surface area (Å²) in [6, 6.07) is 9.81. The molecule has 0 saturated carbocycles. The summed E-state index contributed by atoms with van der Waals surface area (Å²) >= 11 is 0. The molecule has 0 fully saturated rings. The van der Waals surface area contributed by atoms with Gasteiger partial charge < -0.3 is 24.1 Å². The Kier molecular flexibility index (Phi) is 7.45. The Morgan fingerprint density at radius 1 is 0.929 bits per heavy atom. The molecule has 2 aromatic carbocycles. The highest BCUT2D eigenvalue weighted by atomic mass is 16.5. The number of carbonyl (C=O) groups is 2. The number of methoxy groups -OCH3 is 3. The van der Waals surface area contributed by atoms with Gasteiger partial charge in [0.05, 0.1) is 21.3 Å². The first-order chi connectivity index (χ1) is 13.5. The van der Waals surface area contributed by atoms with Crippen molar-refractivity contribution in [1.82, 2.24) is 0 Å². The van der Waals surface area contributed by atoms with Crippen LogP contribution in [0.4, 0.5) is 0 Å². The van der Waals surface area contributed by atoms with Gasteiger partial charge >= 0.3 is 5.97 Å². The van der Waals surface area contributed by atoms with E-state index in [0.717, 1.165) is 5.56 Å². The minimum Gasteiger partial charge on any atom is -0.504 e. The predicted molar refractivity (Wildman–Crippen MR) is 103 cm³/mol. The lowest BCUT2D eigenvalue weighted by molar-refractivity contribution is -0.142. The third kappa shape index (κ3) is 5.77. The lowest BCUT2D eigenvalue weighted by Gasteiger charge is -2.07. The Morgan fingerprint density at radius 2 is 1.64 bits per heavy atom. The third-order valence-corrected chi connectivity index (χ3v) is 3.84. The molecule has 1 N–H and O–H groups in total. The lowest BCUT2D eigenvalue weighted by Crippen LogP contribution is -2.14. The summed E-state index contributed by atoms with van der Waals surface area (Å²) in [5.74, 6) is 0.480. The van der Waals surface area contributed by atoms with Crippen LogP contribution in [0.1, 0.15) is 11.1 Å². The van der Waals surface area contributed by atoms with Gasteiger partial charge in [-0.25, -0.2) is 4.79 Å². The Labute approximate surface area is 163 Å². The summed E-state index contributed by atoms with van der Waals surface area (Å²) in [7, 11) is 4.48. The van der Waals surface area contributed by atoms with Crippen molar-refractivity contribution in [3.8, 4) is 23.0 Å². The Bertz CT molecular complexity index is 871. The molecule has 0 bridgehead atoms. The molecule has 0 spiro atoms. The van der Waals surface area contributed by atoms with Crippen LogP contribution in [-0.4, -0.2) is 44.8 Å². The molecule has 0 aliphatic heterocycles. The van der Waals surface area contributed by atoms with E-state index in [1.54, 1.807) is 36.4 Å². The van der Waals surface area contributed by atoms with Crippen LogP contribution in [0.15, 0.2) is 42.5 Å². The average Bonchev–Trinajstić information content (AvgIpc) is 2.71. The fourth-order valence-corrected chi connectivity index (χ4v) is 2.43. The maximum Gasteiger partial charge on any atom is 0.331 e. The van der Waals surface area contributed by atoms with Crippen molar-refractivity contribution in [2.24, 2.45) is 0 Å². The van der Waals surface area contributed by atoms with E-state index in [1.807, 2.05) is 0 Å². The number of hydrogen-bond acceptors (Lipinski definition) is 7. The molecule has 0 unspecified atom stereocenters. The van der Waals surface area contributed by atoms with Crippen LogP contribution in [0.5, 0.6) is 23.0 Å². The molecule has 2 aromatic rings. The number of carbonyl (C=O) groups excluding carboxylic acids is 2. The molecule has 0 radical (unpaired) electrons. The Balaban J connectivity index is 1.88. The van der Waals surface area contributed by atoms with E-state index < -0.39 is 5.97 Å². The summed E-state index contributed by atoms with van der Waals surface area (Å²) < 4.78 is 20.3. The lowest BCUT2D eigenvalue weighted by atomic mass is 10.1. The van der Waals surface area contributed by atoms with Gasteiger partial charge in [-0.3, -0.25) is 4.79 Å². The van der Waals surface area contributed by atoms with E-state index >= 15 is 0 Å². The topological polar surface area (TPSA) is 91.3 Å². The number of ether oxygens (including phenoxy) is 4. The fourth-order valence-electron chi connectivity index (χ4n) is 2.43. The van der Waals surface area contributed by atoms with Crippen molar-refractivity contribution in [3.63, 3.8) is 0 Å². The van der Waals surface area contributed by atoms with Crippen molar-refractivity contribution >= 4 is 17.8 Å². The third-order valence-electron chi connectivity index (χ3n) is 3.84. The first-order valence-electron chi connectivity index (χ1n) is 8.41. The number of Topliss-reactive ketones (excluding diaryl/α,β-unsaturated/α-hetero) is 1. The van der Waals surface area contributed by atoms with Crippen LogP contribution in [0.2, 0.25) is 0 Å². The first kappa shape index (κ1) is 20.8. The average molecular weight is 386 g/mol. The van der Waals surface area contributed by atoms with Crippen molar-refractivity contribution in [2.45, 2.75) is 6.42 Å². The molecule has 28 heavy (non-hydrogen) atoms. The Morgan fingerprint density at radius 3 is 2.32 bits per heavy atom. The molecule has 0 aliphatic carbocycles. The molecule has 0 saturated heterocycles. The number of esters is 1. The SMILES string of the molecule is COc1cc(CC(=O)COC(=O)/C=C/c2ccc(OC)c(OC)c2)ccc1O. The smallest absolute Gasteiger partial charge is 0.331 e. The van der Waals surface area contributed by atoms with Crippen LogP contribution < -0.4 is 14.2 Å². The molecule has 2 rings (SSSR count). The van der Waals surface area contributed by atoms with Crippen LogP contribution in [-0.2, 0) is 20.7 Å². The van der Waals surface area contributed by atoms with Gasteiger partial charge in [0.2, 0.25) is 0 Å². The van der Waals surface area contributed by atoms with Crippen LogP contribution in [0.3, 0.4) is 0 Å². The van der Waals surface area contributed by atoms with Gasteiger partial charge in [0.25, 0.3) is 0 Å². The van der Waals surface area contributed by atoms with Gasteiger partial charge in [-0.05, 0) is 41.5 Å². The quantitative estimate of drug-likeness (QED) is 0.523.